The van der Waals surface area contributed by atoms with Gasteiger partial charge in [0.25, 0.3) is 0 Å². The molecule has 23 heavy (non-hydrogen) atoms. The predicted molar refractivity (Wildman–Crippen MR) is 85.1 cm³/mol. The fourth-order valence-corrected chi connectivity index (χ4v) is 2.96. The van der Waals surface area contributed by atoms with Crippen molar-refractivity contribution in [1.82, 2.24) is 14.9 Å². The van der Waals surface area contributed by atoms with Crippen molar-refractivity contribution in [1.29, 1.82) is 0 Å². The van der Waals surface area contributed by atoms with E-state index in [2.05, 4.69) is 9.97 Å². The van der Waals surface area contributed by atoms with Crippen LogP contribution in [0.2, 0.25) is 0 Å². The van der Waals surface area contributed by atoms with E-state index in [-0.39, 0.29) is 18.4 Å². The zero-order valence-electron chi connectivity index (χ0n) is 13.1. The third-order valence-electron chi connectivity index (χ3n) is 3.46. The van der Waals surface area contributed by atoms with Gasteiger partial charge in [-0.05, 0) is 24.5 Å². The Balaban J connectivity index is 2.16. The first-order chi connectivity index (χ1) is 10.7. The standard InChI is InChI=1S/C15H18F3N3OS/c1-9(8-23-3)14(22)21(2)7-13-19-11-5-4-10(15(16,17)18)6-12(11)20-13/h4-6,9H,7-8H2,1-3H3,(H,19,20). The molecule has 0 fully saturated rings. The minimum atomic E-state index is -4.39. The molecule has 8 heteroatoms. The molecule has 0 saturated heterocycles. The molecule has 0 aliphatic heterocycles. The highest BCUT2D eigenvalue weighted by Crippen LogP contribution is 2.30. The summed E-state index contributed by atoms with van der Waals surface area (Å²) in [6, 6.07) is 3.36. The van der Waals surface area contributed by atoms with E-state index in [1.807, 2.05) is 13.2 Å². The number of carbonyl (C=O) groups excluding carboxylic acids is 1. The van der Waals surface area contributed by atoms with Crippen LogP contribution in [0.5, 0.6) is 0 Å². The van der Waals surface area contributed by atoms with Crippen LogP contribution in [0.3, 0.4) is 0 Å². The first kappa shape index (κ1) is 17.7. The normalized spacial score (nSPS) is 13.3. The number of hydrogen-bond acceptors (Lipinski definition) is 3. The number of H-pyrrole nitrogens is 1. The molecular formula is C15H18F3N3OS. The van der Waals surface area contributed by atoms with Crippen molar-refractivity contribution >= 4 is 28.7 Å². The van der Waals surface area contributed by atoms with E-state index in [1.165, 1.54) is 11.0 Å². The molecule has 4 nitrogen and oxygen atoms in total. The van der Waals surface area contributed by atoms with Crippen molar-refractivity contribution in [3.8, 4) is 0 Å². The monoisotopic (exact) mass is 345 g/mol. The summed E-state index contributed by atoms with van der Waals surface area (Å²) >= 11 is 1.59. The molecule has 1 N–H and O–H groups in total. The van der Waals surface area contributed by atoms with E-state index in [4.69, 9.17) is 0 Å². The van der Waals surface area contributed by atoms with Crippen LogP contribution in [0.4, 0.5) is 13.2 Å². The zero-order chi connectivity index (χ0) is 17.2. The van der Waals surface area contributed by atoms with Crippen molar-refractivity contribution < 1.29 is 18.0 Å². The molecule has 0 bridgehead atoms. The van der Waals surface area contributed by atoms with Gasteiger partial charge in [-0.2, -0.15) is 24.9 Å². The maximum atomic E-state index is 12.7. The van der Waals surface area contributed by atoms with E-state index in [9.17, 15) is 18.0 Å². The lowest BCUT2D eigenvalue weighted by Crippen LogP contribution is -2.32. The summed E-state index contributed by atoms with van der Waals surface area (Å²) in [5, 5.41) is 0. The lowest BCUT2D eigenvalue weighted by atomic mass is 10.2. The Kier molecular flexibility index (Phi) is 5.23. The number of rotatable bonds is 5. The Hall–Kier alpha value is -1.70. The maximum absolute atomic E-state index is 12.7. The Bertz CT molecular complexity index is 699. The first-order valence-electron chi connectivity index (χ1n) is 7.02. The lowest BCUT2D eigenvalue weighted by Gasteiger charge is -2.19. The Labute approximate surface area is 136 Å². The van der Waals surface area contributed by atoms with Crippen LogP contribution in [-0.4, -0.2) is 39.8 Å². The molecule has 2 aromatic rings. The number of imidazole rings is 1. The van der Waals surface area contributed by atoms with Crippen molar-refractivity contribution in [2.24, 2.45) is 5.92 Å². The quantitative estimate of drug-likeness (QED) is 0.902. The van der Waals surface area contributed by atoms with Gasteiger partial charge in [-0.1, -0.05) is 6.92 Å². The minimum absolute atomic E-state index is 0.0178. The van der Waals surface area contributed by atoms with Crippen molar-refractivity contribution in [2.45, 2.75) is 19.6 Å². The number of hydrogen-bond donors (Lipinski definition) is 1. The second-order valence-corrected chi connectivity index (χ2v) is 6.37. The van der Waals surface area contributed by atoms with E-state index in [0.29, 0.717) is 16.9 Å². The van der Waals surface area contributed by atoms with Crippen molar-refractivity contribution in [3.63, 3.8) is 0 Å². The van der Waals surface area contributed by atoms with Gasteiger partial charge in [-0.3, -0.25) is 4.79 Å². The highest BCUT2D eigenvalue weighted by atomic mass is 32.2. The topological polar surface area (TPSA) is 49.0 Å². The van der Waals surface area contributed by atoms with Gasteiger partial charge in [-0.15, -0.1) is 0 Å². The van der Waals surface area contributed by atoms with Crippen LogP contribution < -0.4 is 0 Å². The molecule has 0 radical (unpaired) electrons. The molecule has 1 aromatic heterocycles. The molecule has 0 saturated carbocycles. The van der Waals surface area contributed by atoms with Gasteiger partial charge in [0.05, 0.1) is 23.1 Å². The number of alkyl halides is 3. The van der Waals surface area contributed by atoms with Crippen molar-refractivity contribution in [2.75, 3.05) is 19.1 Å². The molecule has 0 aliphatic rings. The van der Waals surface area contributed by atoms with Crippen molar-refractivity contribution in [3.05, 3.63) is 29.6 Å². The fourth-order valence-electron chi connectivity index (χ4n) is 2.31. The van der Waals surface area contributed by atoms with Gasteiger partial charge in [0.15, 0.2) is 0 Å². The van der Waals surface area contributed by atoms with Crippen LogP contribution in [-0.2, 0) is 17.5 Å². The molecule has 1 amide bonds. The Morgan fingerprint density at radius 3 is 2.74 bits per heavy atom. The molecule has 0 aliphatic carbocycles. The highest BCUT2D eigenvalue weighted by molar-refractivity contribution is 7.98. The second-order valence-electron chi connectivity index (χ2n) is 5.46. The van der Waals surface area contributed by atoms with Gasteiger partial charge in [0.2, 0.25) is 5.91 Å². The number of thioether (sulfide) groups is 1. The Morgan fingerprint density at radius 1 is 1.43 bits per heavy atom. The summed E-state index contributed by atoms with van der Waals surface area (Å²) in [7, 11) is 1.66. The van der Waals surface area contributed by atoms with Gasteiger partial charge >= 0.3 is 6.18 Å². The predicted octanol–water partition coefficient (Wildman–Crippen LogP) is 3.54. The second kappa shape index (κ2) is 6.82. The molecule has 0 spiro atoms. The first-order valence-corrected chi connectivity index (χ1v) is 8.41. The molecule has 1 heterocycles. The van der Waals surface area contributed by atoms with E-state index in [0.717, 1.165) is 17.9 Å². The SMILES string of the molecule is CSCC(C)C(=O)N(C)Cc1nc2ccc(C(F)(F)F)cc2[nH]1. The Morgan fingerprint density at radius 2 is 2.13 bits per heavy atom. The molecule has 1 unspecified atom stereocenters. The van der Waals surface area contributed by atoms with Gasteiger partial charge in [0, 0.05) is 18.7 Å². The van der Waals surface area contributed by atoms with E-state index in [1.54, 1.807) is 18.8 Å². The number of amides is 1. The summed E-state index contributed by atoms with van der Waals surface area (Å²) < 4.78 is 38.1. The number of aromatic amines is 1. The summed E-state index contributed by atoms with van der Waals surface area (Å²) in [5.41, 5.74) is 0.0390. The smallest absolute Gasteiger partial charge is 0.340 e. The number of benzene rings is 1. The van der Waals surface area contributed by atoms with Crippen LogP contribution in [0.15, 0.2) is 18.2 Å². The average molecular weight is 345 g/mol. The van der Waals surface area contributed by atoms with Crippen LogP contribution in [0, 0.1) is 5.92 Å². The lowest BCUT2D eigenvalue weighted by molar-refractivity contribution is -0.137. The molecule has 1 aromatic carbocycles. The molecular weight excluding hydrogens is 327 g/mol. The number of halogens is 3. The molecule has 1 atom stereocenters. The van der Waals surface area contributed by atoms with Gasteiger partial charge < -0.3 is 9.88 Å². The number of nitrogens with zero attached hydrogens (tertiary/aromatic N) is 2. The average Bonchev–Trinajstić information content (AvgIpc) is 2.86. The third kappa shape index (κ3) is 4.19. The number of fused-ring (bicyclic) bond motifs is 1. The van der Waals surface area contributed by atoms with Gasteiger partial charge in [-0.25, -0.2) is 4.98 Å². The van der Waals surface area contributed by atoms with Crippen LogP contribution in [0.1, 0.15) is 18.3 Å². The molecule has 126 valence electrons. The van der Waals surface area contributed by atoms with Gasteiger partial charge in [0.1, 0.15) is 5.82 Å². The van der Waals surface area contributed by atoms with E-state index < -0.39 is 11.7 Å². The summed E-state index contributed by atoms with van der Waals surface area (Å²) in [6.45, 7) is 2.08. The highest BCUT2D eigenvalue weighted by Gasteiger charge is 2.30. The van der Waals surface area contributed by atoms with Crippen LogP contribution in [0.25, 0.3) is 11.0 Å². The van der Waals surface area contributed by atoms with Crippen LogP contribution >= 0.6 is 11.8 Å². The summed E-state index contributed by atoms with van der Waals surface area (Å²) in [4.78, 5) is 20.8. The minimum Gasteiger partial charge on any atom is -0.340 e. The number of aromatic nitrogens is 2. The molecule has 2 rings (SSSR count). The number of carbonyl (C=O) groups is 1. The summed E-state index contributed by atoms with van der Waals surface area (Å²) in [6.07, 6.45) is -2.46. The fraction of sp³-hybridized carbons (Fsp3) is 0.467. The summed E-state index contributed by atoms with van der Waals surface area (Å²) in [5.74, 6) is 1.05. The van der Waals surface area contributed by atoms with E-state index >= 15 is 0 Å². The maximum Gasteiger partial charge on any atom is 0.416 e. The third-order valence-corrected chi connectivity index (χ3v) is 4.29. The zero-order valence-corrected chi connectivity index (χ0v) is 13.9. The largest absolute Gasteiger partial charge is 0.416 e. The number of nitrogens with one attached hydrogen (secondary N) is 1.